The first kappa shape index (κ1) is 22.5. The van der Waals surface area contributed by atoms with Crippen LogP contribution in [0.4, 0.5) is 0 Å². The van der Waals surface area contributed by atoms with Crippen LogP contribution < -0.4 is 10.3 Å². The molecule has 1 fully saturated rings. The zero-order chi connectivity index (χ0) is 22.0. The number of aromatic nitrogens is 2. The Labute approximate surface area is 202 Å². The molecule has 0 bridgehead atoms. The highest BCUT2D eigenvalue weighted by Gasteiger charge is 2.22. The first-order valence-electron chi connectivity index (χ1n) is 10.4. The molecular formula is C23H22Br2ClN3O2. The monoisotopic (exact) mass is 565 g/mol. The van der Waals surface area contributed by atoms with Crippen LogP contribution in [-0.2, 0) is 0 Å². The van der Waals surface area contributed by atoms with Gasteiger partial charge < -0.3 is 4.74 Å². The Morgan fingerprint density at radius 1 is 1.23 bits per heavy atom. The highest BCUT2D eigenvalue weighted by atomic mass is 79.9. The van der Waals surface area contributed by atoms with E-state index < -0.39 is 0 Å². The summed E-state index contributed by atoms with van der Waals surface area (Å²) in [5.41, 5.74) is 1.29. The molecule has 0 atom stereocenters. The van der Waals surface area contributed by atoms with E-state index >= 15 is 0 Å². The standard InChI is InChI=1S/C23H22Br2ClN3O2/c1-2-31-21-18(25)10-14(11-19(21)26)13-27-29-22(15-6-4-3-5-7-15)28-20-9-8-16(24)12-17(20)23(29)30/h8-13,15H,2-7H2,1H3. The number of nitrogens with zero attached hydrogens (tertiary/aromatic N) is 3. The second-order valence-electron chi connectivity index (χ2n) is 7.57. The quantitative estimate of drug-likeness (QED) is 0.315. The van der Waals surface area contributed by atoms with Gasteiger partial charge in [-0.2, -0.15) is 9.78 Å². The van der Waals surface area contributed by atoms with Crippen molar-refractivity contribution < 1.29 is 4.74 Å². The van der Waals surface area contributed by atoms with Gasteiger partial charge in [0.1, 0.15) is 5.82 Å². The van der Waals surface area contributed by atoms with Gasteiger partial charge in [0, 0.05) is 10.4 Å². The van der Waals surface area contributed by atoms with Crippen molar-refractivity contribution in [1.29, 1.82) is 0 Å². The van der Waals surface area contributed by atoms with Crippen molar-refractivity contribution in [2.75, 3.05) is 6.61 Å². The maximum Gasteiger partial charge on any atom is 0.282 e. The van der Waals surface area contributed by atoms with Crippen LogP contribution in [0.15, 0.2) is 49.2 Å². The molecule has 1 aromatic heterocycles. The fraction of sp³-hybridized carbons (Fsp3) is 0.348. The Morgan fingerprint density at radius 2 is 2.00 bits per heavy atom. The fourth-order valence-electron chi connectivity index (χ4n) is 3.96. The summed E-state index contributed by atoms with van der Waals surface area (Å²) in [4.78, 5) is 18.2. The van der Waals surface area contributed by atoms with Crippen LogP contribution in [-0.4, -0.2) is 22.5 Å². The van der Waals surface area contributed by atoms with E-state index in [9.17, 15) is 4.79 Å². The minimum absolute atomic E-state index is 0.167. The van der Waals surface area contributed by atoms with E-state index in [4.69, 9.17) is 21.3 Å². The number of fused-ring (bicyclic) bond motifs is 1. The Kier molecular flexibility index (Phi) is 7.14. The maximum atomic E-state index is 13.4. The molecule has 4 rings (SSSR count). The number of hydrogen-bond acceptors (Lipinski definition) is 4. The Balaban J connectivity index is 1.82. The highest BCUT2D eigenvalue weighted by molar-refractivity contribution is 9.10. The second kappa shape index (κ2) is 9.84. The third-order valence-electron chi connectivity index (χ3n) is 5.44. The van der Waals surface area contributed by atoms with Gasteiger partial charge in [-0.05, 0) is 71.6 Å². The molecule has 0 spiro atoms. The molecule has 0 amide bonds. The van der Waals surface area contributed by atoms with Gasteiger partial charge in [-0.1, -0.05) is 46.8 Å². The molecule has 3 aromatic rings. The lowest BCUT2D eigenvalue weighted by atomic mass is 9.88. The Bertz CT molecular complexity index is 1180. The van der Waals surface area contributed by atoms with Gasteiger partial charge >= 0.3 is 0 Å². The number of ether oxygens (including phenoxy) is 1. The van der Waals surface area contributed by atoms with E-state index in [0.29, 0.717) is 28.3 Å². The van der Waals surface area contributed by atoms with Gasteiger partial charge in [-0.25, -0.2) is 4.98 Å². The Hall–Kier alpha value is -1.70. The molecule has 8 heteroatoms. The molecule has 31 heavy (non-hydrogen) atoms. The molecule has 1 aliphatic carbocycles. The molecule has 1 saturated carbocycles. The van der Waals surface area contributed by atoms with Crippen LogP contribution >= 0.6 is 43.5 Å². The lowest BCUT2D eigenvalue weighted by molar-refractivity contribution is 0.338. The summed E-state index contributed by atoms with van der Waals surface area (Å²) >= 11 is 13.3. The summed E-state index contributed by atoms with van der Waals surface area (Å²) in [5.74, 6) is 1.55. The summed E-state index contributed by atoms with van der Waals surface area (Å²) in [6.07, 6.45) is 7.19. The van der Waals surface area contributed by atoms with Crippen molar-refractivity contribution in [2.24, 2.45) is 5.10 Å². The SMILES string of the molecule is CCOc1c(Cl)cc(C=Nn2c(C3CCCCC3)nc3ccc(Br)cc3c2=O)cc1Br. The molecule has 0 N–H and O–H groups in total. The molecule has 1 heterocycles. The molecule has 5 nitrogen and oxygen atoms in total. The van der Waals surface area contributed by atoms with Crippen molar-refractivity contribution in [1.82, 2.24) is 9.66 Å². The van der Waals surface area contributed by atoms with E-state index in [1.165, 1.54) is 11.1 Å². The zero-order valence-electron chi connectivity index (χ0n) is 17.1. The van der Waals surface area contributed by atoms with Gasteiger partial charge in [0.25, 0.3) is 5.56 Å². The van der Waals surface area contributed by atoms with Gasteiger partial charge in [-0.3, -0.25) is 4.79 Å². The molecule has 0 saturated heterocycles. The molecule has 0 radical (unpaired) electrons. The summed E-state index contributed by atoms with van der Waals surface area (Å²) in [7, 11) is 0. The molecule has 1 aliphatic rings. The summed E-state index contributed by atoms with van der Waals surface area (Å²) in [6, 6.07) is 9.23. The largest absolute Gasteiger partial charge is 0.491 e. The lowest BCUT2D eigenvalue weighted by Gasteiger charge is -2.22. The van der Waals surface area contributed by atoms with E-state index in [1.54, 1.807) is 18.3 Å². The van der Waals surface area contributed by atoms with Crippen LogP contribution in [0.3, 0.4) is 0 Å². The minimum Gasteiger partial charge on any atom is -0.491 e. The Morgan fingerprint density at radius 3 is 2.71 bits per heavy atom. The third-order valence-corrected chi connectivity index (χ3v) is 6.80. The second-order valence-corrected chi connectivity index (χ2v) is 9.75. The molecular weight excluding hydrogens is 546 g/mol. The van der Waals surface area contributed by atoms with E-state index in [-0.39, 0.29) is 11.5 Å². The van der Waals surface area contributed by atoms with Crippen LogP contribution in [0.25, 0.3) is 10.9 Å². The number of hydrogen-bond donors (Lipinski definition) is 0. The molecule has 0 aliphatic heterocycles. The van der Waals surface area contributed by atoms with Crippen LogP contribution in [0.1, 0.15) is 56.3 Å². The fourth-order valence-corrected chi connectivity index (χ4v) is 5.31. The smallest absolute Gasteiger partial charge is 0.282 e. The average molecular weight is 568 g/mol. The lowest BCUT2D eigenvalue weighted by Crippen LogP contribution is -2.25. The molecule has 162 valence electrons. The van der Waals surface area contributed by atoms with Crippen molar-refractivity contribution in [3.63, 3.8) is 0 Å². The summed E-state index contributed by atoms with van der Waals surface area (Å²) in [5, 5.41) is 5.59. The first-order valence-corrected chi connectivity index (χ1v) is 12.3. The normalized spacial score (nSPS) is 15.1. The predicted octanol–water partition coefficient (Wildman–Crippen LogP) is 6.90. The van der Waals surface area contributed by atoms with E-state index in [2.05, 4.69) is 37.0 Å². The van der Waals surface area contributed by atoms with Gasteiger partial charge in [0.15, 0.2) is 5.75 Å². The number of benzene rings is 2. The van der Waals surface area contributed by atoms with E-state index in [0.717, 1.165) is 46.0 Å². The first-order chi connectivity index (χ1) is 15.0. The molecule has 2 aromatic carbocycles. The molecule has 0 unspecified atom stereocenters. The van der Waals surface area contributed by atoms with E-state index in [1.807, 2.05) is 25.1 Å². The third kappa shape index (κ3) is 4.89. The average Bonchev–Trinajstić information content (AvgIpc) is 2.76. The van der Waals surface area contributed by atoms with Crippen molar-refractivity contribution >= 4 is 60.6 Å². The van der Waals surface area contributed by atoms with Crippen LogP contribution in [0.5, 0.6) is 5.75 Å². The van der Waals surface area contributed by atoms with Crippen molar-refractivity contribution in [3.8, 4) is 5.75 Å². The van der Waals surface area contributed by atoms with Gasteiger partial charge in [0.05, 0.1) is 33.2 Å². The van der Waals surface area contributed by atoms with Crippen LogP contribution in [0, 0.1) is 0 Å². The topological polar surface area (TPSA) is 56.5 Å². The van der Waals surface area contributed by atoms with Crippen molar-refractivity contribution in [3.05, 3.63) is 66.0 Å². The zero-order valence-corrected chi connectivity index (χ0v) is 21.0. The van der Waals surface area contributed by atoms with Crippen LogP contribution in [0.2, 0.25) is 5.02 Å². The number of rotatable bonds is 5. The summed E-state index contributed by atoms with van der Waals surface area (Å²) in [6.45, 7) is 2.42. The minimum atomic E-state index is -0.167. The highest BCUT2D eigenvalue weighted by Crippen LogP contribution is 2.34. The summed E-state index contributed by atoms with van der Waals surface area (Å²) < 4.78 is 8.61. The van der Waals surface area contributed by atoms with Gasteiger partial charge in [-0.15, -0.1) is 0 Å². The maximum absolute atomic E-state index is 13.4. The number of halogens is 3. The van der Waals surface area contributed by atoms with Crippen molar-refractivity contribution in [2.45, 2.75) is 44.9 Å². The predicted molar refractivity (Wildman–Crippen MR) is 133 cm³/mol. The van der Waals surface area contributed by atoms with Gasteiger partial charge in [0.2, 0.25) is 0 Å².